The molecule has 1 aliphatic heterocycles. The quantitative estimate of drug-likeness (QED) is 0.0616. The molecule has 2 rings (SSSR count). The molecule has 1 saturated heterocycles. The molecular formula is C34H60ClN7O7S. The Kier molecular flexibility index (Phi) is 14.9. The van der Waals surface area contributed by atoms with E-state index >= 15 is 0 Å². The molecule has 5 amide bonds. The molecule has 1 heterocycles. The maximum Gasteiger partial charge on any atom is 0.315 e. The van der Waals surface area contributed by atoms with E-state index in [1.807, 2.05) is 41.5 Å². The summed E-state index contributed by atoms with van der Waals surface area (Å²) in [5.41, 5.74) is -1.58. The molecule has 2 fully saturated rings. The Balaban J connectivity index is 2.30. The highest BCUT2D eigenvalue weighted by Gasteiger charge is 2.70. The molecule has 0 spiro atoms. The third kappa shape index (κ3) is 10.9. The van der Waals surface area contributed by atoms with Crippen molar-refractivity contribution in [2.75, 3.05) is 39.1 Å². The minimum absolute atomic E-state index is 0.0358. The summed E-state index contributed by atoms with van der Waals surface area (Å²) in [6.45, 7) is 21.0. The Morgan fingerprint density at radius 1 is 1.04 bits per heavy atom. The molecule has 1 unspecified atom stereocenters. The number of ketones is 1. The monoisotopic (exact) mass is 745 g/mol. The number of Topliss-reactive ketones (excluding diaryl/α,β-unsaturated/α-hetero) is 1. The van der Waals surface area contributed by atoms with Crippen molar-refractivity contribution in [2.45, 2.75) is 106 Å². The van der Waals surface area contributed by atoms with Gasteiger partial charge in [-0.1, -0.05) is 74.8 Å². The van der Waals surface area contributed by atoms with E-state index in [-0.39, 0.29) is 43.3 Å². The zero-order chi connectivity index (χ0) is 38.4. The molecule has 5 N–H and O–H groups in total. The number of likely N-dealkylation sites (tertiary alicyclic amines) is 1. The number of rotatable bonds is 18. The summed E-state index contributed by atoms with van der Waals surface area (Å²) in [5, 5.41) is 10.9. The second kappa shape index (κ2) is 17.2. The molecule has 14 nitrogen and oxygen atoms in total. The number of piperidine rings is 1. The van der Waals surface area contributed by atoms with Gasteiger partial charge in [-0.15, -0.1) is 18.2 Å². The summed E-state index contributed by atoms with van der Waals surface area (Å²) in [6, 6.07) is -4.35. The van der Waals surface area contributed by atoms with E-state index in [4.69, 9.17) is 11.6 Å². The molecule has 50 heavy (non-hydrogen) atoms. The SMILES string of the molecule is C=CCNC(=O)C(=O)C(CCC)NC(=O)[C@@H]1[C@@H]2[C@H](CN1C(=O)[C@@H](NC(=O)N[C@H](CN(C)S(=O)(=O)NCCCCl)C(C)(C)C)C(C)(C)C)C2(C)C. The highest BCUT2D eigenvalue weighted by atomic mass is 35.5. The van der Waals surface area contributed by atoms with Crippen LogP contribution in [0.5, 0.6) is 0 Å². The summed E-state index contributed by atoms with van der Waals surface area (Å²) >= 11 is 5.68. The highest BCUT2D eigenvalue weighted by molar-refractivity contribution is 7.87. The van der Waals surface area contributed by atoms with Gasteiger partial charge in [0.15, 0.2) is 0 Å². The van der Waals surface area contributed by atoms with Gasteiger partial charge in [-0.25, -0.2) is 9.52 Å². The average Bonchev–Trinajstić information content (AvgIpc) is 3.31. The fourth-order valence-corrected chi connectivity index (χ4v) is 7.55. The van der Waals surface area contributed by atoms with Crippen LogP contribution in [0.25, 0.3) is 0 Å². The van der Waals surface area contributed by atoms with Crippen molar-refractivity contribution >= 4 is 51.3 Å². The zero-order valence-electron chi connectivity index (χ0n) is 31.4. The Morgan fingerprint density at radius 3 is 2.18 bits per heavy atom. The van der Waals surface area contributed by atoms with Gasteiger partial charge in [-0.2, -0.15) is 12.7 Å². The molecule has 0 aromatic rings. The first-order valence-corrected chi connectivity index (χ1v) is 19.3. The standard InChI is InChI=1S/C34H60ClN7O7S/c1-12-15-22(26(43)29(45)36-17-13-2)38-28(44)25-24-21(34(24,9)10)19-42(25)30(46)27(33(6,7)8)40-31(47)39-23(32(3,4)5)20-41(11)50(48,49)37-18-14-16-35/h13,21-25,27,37H,2,12,14-20H2,1,3-11H3,(H,36,45)(H,38,44)(H2,39,40,47)/t21-,22?,23+,24-,25-,27+/m0/s1. The van der Waals surface area contributed by atoms with Crippen molar-refractivity contribution in [2.24, 2.45) is 28.1 Å². The molecule has 0 aromatic heterocycles. The van der Waals surface area contributed by atoms with Gasteiger partial charge in [-0.05, 0) is 40.9 Å². The van der Waals surface area contributed by atoms with Gasteiger partial charge in [0.1, 0.15) is 12.1 Å². The summed E-state index contributed by atoms with van der Waals surface area (Å²) in [4.78, 5) is 68.9. The van der Waals surface area contributed by atoms with E-state index in [0.717, 1.165) is 4.31 Å². The van der Waals surface area contributed by atoms with Gasteiger partial charge >= 0.3 is 6.03 Å². The normalized spacial score (nSPS) is 21.8. The fourth-order valence-electron chi connectivity index (χ4n) is 6.45. The van der Waals surface area contributed by atoms with Crippen LogP contribution in [0.15, 0.2) is 12.7 Å². The first-order valence-electron chi connectivity index (χ1n) is 17.3. The number of likely N-dealkylation sites (N-methyl/N-ethyl adjacent to an activating group) is 1. The Hall–Kier alpha value is -2.75. The molecule has 0 aromatic carbocycles. The van der Waals surface area contributed by atoms with Gasteiger partial charge < -0.3 is 26.2 Å². The number of carbonyl (C=O) groups excluding carboxylic acids is 5. The molecule has 286 valence electrons. The summed E-state index contributed by atoms with van der Waals surface area (Å²) in [5.74, 6) is -2.39. The topological polar surface area (TPSA) is 186 Å². The van der Waals surface area contributed by atoms with Crippen LogP contribution in [0, 0.1) is 28.1 Å². The Bertz CT molecular complexity index is 1380. The predicted octanol–water partition coefficient (Wildman–Crippen LogP) is 2.15. The van der Waals surface area contributed by atoms with Crippen molar-refractivity contribution in [1.82, 2.24) is 35.2 Å². The van der Waals surface area contributed by atoms with Crippen LogP contribution in [0.2, 0.25) is 0 Å². The molecule has 1 aliphatic carbocycles. The van der Waals surface area contributed by atoms with Crippen LogP contribution in [0.1, 0.15) is 81.6 Å². The third-order valence-corrected chi connectivity index (χ3v) is 11.6. The number of halogens is 1. The van der Waals surface area contributed by atoms with E-state index in [9.17, 15) is 32.4 Å². The lowest BCUT2D eigenvalue weighted by Gasteiger charge is -2.39. The molecule has 1 saturated carbocycles. The number of carbonyl (C=O) groups is 5. The highest BCUT2D eigenvalue weighted by Crippen LogP contribution is 2.65. The van der Waals surface area contributed by atoms with Gasteiger partial charge in [0, 0.05) is 45.1 Å². The number of urea groups is 1. The number of amides is 5. The van der Waals surface area contributed by atoms with Crippen molar-refractivity contribution in [3.63, 3.8) is 0 Å². The zero-order valence-corrected chi connectivity index (χ0v) is 33.0. The van der Waals surface area contributed by atoms with Gasteiger partial charge in [-0.3, -0.25) is 19.2 Å². The van der Waals surface area contributed by atoms with Gasteiger partial charge in [0.05, 0.1) is 6.04 Å². The van der Waals surface area contributed by atoms with E-state index in [1.165, 1.54) is 18.0 Å². The molecule has 16 heteroatoms. The van der Waals surface area contributed by atoms with E-state index in [1.54, 1.807) is 20.8 Å². The minimum atomic E-state index is -3.84. The second-order valence-corrected chi connectivity index (χ2v) is 18.4. The minimum Gasteiger partial charge on any atom is -0.346 e. The van der Waals surface area contributed by atoms with Crippen molar-refractivity contribution in [3.8, 4) is 0 Å². The average molecular weight is 746 g/mol. The van der Waals surface area contributed by atoms with Crippen LogP contribution in [0.4, 0.5) is 4.79 Å². The number of nitrogens with one attached hydrogen (secondary N) is 5. The molecule has 2 aliphatic rings. The maximum atomic E-state index is 14.4. The van der Waals surface area contributed by atoms with Crippen LogP contribution >= 0.6 is 11.6 Å². The Labute approximate surface area is 303 Å². The molecule has 0 bridgehead atoms. The lowest BCUT2D eigenvalue weighted by atomic mass is 9.85. The lowest BCUT2D eigenvalue weighted by Crippen LogP contribution is -2.63. The van der Waals surface area contributed by atoms with E-state index < -0.39 is 74.7 Å². The van der Waals surface area contributed by atoms with E-state index in [2.05, 4.69) is 32.6 Å². The number of nitrogens with zero attached hydrogens (tertiary/aromatic N) is 2. The predicted molar refractivity (Wildman–Crippen MR) is 194 cm³/mol. The molecular weight excluding hydrogens is 686 g/mol. The van der Waals surface area contributed by atoms with Crippen LogP contribution in [-0.2, 0) is 29.4 Å². The summed E-state index contributed by atoms with van der Waals surface area (Å²) < 4.78 is 29.2. The van der Waals surface area contributed by atoms with Crippen molar-refractivity contribution < 1.29 is 32.4 Å². The van der Waals surface area contributed by atoms with Crippen molar-refractivity contribution in [3.05, 3.63) is 12.7 Å². The van der Waals surface area contributed by atoms with E-state index in [0.29, 0.717) is 25.3 Å². The number of hydrogen-bond acceptors (Lipinski definition) is 7. The van der Waals surface area contributed by atoms with Crippen LogP contribution in [0.3, 0.4) is 0 Å². The number of alkyl halides is 1. The second-order valence-electron chi connectivity index (χ2n) is 16.2. The third-order valence-electron chi connectivity index (χ3n) is 9.79. The van der Waals surface area contributed by atoms with Gasteiger partial charge in [0.25, 0.3) is 16.1 Å². The van der Waals surface area contributed by atoms with Gasteiger partial charge in [0.2, 0.25) is 17.6 Å². The summed E-state index contributed by atoms with van der Waals surface area (Å²) in [6.07, 6.45) is 2.68. The molecule has 6 atom stereocenters. The summed E-state index contributed by atoms with van der Waals surface area (Å²) in [7, 11) is -2.42. The Morgan fingerprint density at radius 2 is 1.66 bits per heavy atom. The largest absolute Gasteiger partial charge is 0.346 e. The molecule has 0 radical (unpaired) electrons. The number of hydrogen-bond donors (Lipinski definition) is 5. The lowest BCUT2D eigenvalue weighted by molar-refractivity contribution is -0.145. The number of fused-ring (bicyclic) bond motifs is 1. The van der Waals surface area contributed by atoms with Crippen LogP contribution in [-0.4, -0.2) is 110 Å². The smallest absolute Gasteiger partial charge is 0.315 e. The fraction of sp³-hybridized carbons (Fsp3) is 0.794. The van der Waals surface area contributed by atoms with Crippen LogP contribution < -0.4 is 26.0 Å². The first kappa shape index (κ1) is 43.4. The maximum absolute atomic E-state index is 14.4. The van der Waals surface area contributed by atoms with Crippen molar-refractivity contribution in [1.29, 1.82) is 0 Å². The first-order chi connectivity index (χ1) is 22.9.